The van der Waals surface area contributed by atoms with Crippen LogP contribution in [-0.2, 0) is 4.79 Å². The van der Waals surface area contributed by atoms with Crippen molar-refractivity contribution in [1.82, 2.24) is 0 Å². The highest BCUT2D eigenvalue weighted by molar-refractivity contribution is 6.39. The van der Waals surface area contributed by atoms with Crippen LogP contribution in [0.3, 0.4) is 0 Å². The van der Waals surface area contributed by atoms with Crippen molar-refractivity contribution in [2.45, 2.75) is 13.0 Å². The van der Waals surface area contributed by atoms with Crippen LogP contribution in [0.4, 0.5) is 10.1 Å². The van der Waals surface area contributed by atoms with Gasteiger partial charge in [-0.05, 0) is 6.92 Å². The van der Waals surface area contributed by atoms with E-state index in [1.54, 1.807) is 0 Å². The van der Waals surface area contributed by atoms with E-state index in [1.165, 1.54) is 6.92 Å². The van der Waals surface area contributed by atoms with Gasteiger partial charge >= 0.3 is 5.97 Å². The molecule has 0 fully saturated rings. The summed E-state index contributed by atoms with van der Waals surface area (Å²) >= 11 is 11.2. The standard InChI is InChI=1S/C9H8Cl2FNO3/c1-3(9(14)15)16-5-2-4(12)6(10)8(13)7(5)11/h2-3H,13H2,1H3,(H,14,15). The molecule has 16 heavy (non-hydrogen) atoms. The van der Waals surface area contributed by atoms with E-state index < -0.39 is 17.9 Å². The SMILES string of the molecule is CC(Oc1cc(F)c(Cl)c(N)c1Cl)C(=O)O. The van der Waals surface area contributed by atoms with Gasteiger partial charge in [0.2, 0.25) is 0 Å². The predicted octanol–water partition coefficient (Wildman–Crippen LogP) is 2.57. The van der Waals surface area contributed by atoms with Crippen molar-refractivity contribution < 1.29 is 19.0 Å². The molecule has 4 nitrogen and oxygen atoms in total. The maximum atomic E-state index is 13.2. The first-order valence-electron chi connectivity index (χ1n) is 4.17. The van der Waals surface area contributed by atoms with E-state index in [0.29, 0.717) is 0 Å². The molecular formula is C9H8Cl2FNO3. The Morgan fingerprint density at radius 3 is 2.62 bits per heavy atom. The van der Waals surface area contributed by atoms with Crippen LogP contribution >= 0.6 is 23.2 Å². The number of hydrogen-bond acceptors (Lipinski definition) is 3. The highest BCUT2D eigenvalue weighted by Gasteiger charge is 2.19. The lowest BCUT2D eigenvalue weighted by atomic mass is 10.3. The summed E-state index contributed by atoms with van der Waals surface area (Å²) in [5, 5.41) is 8.18. The fraction of sp³-hybridized carbons (Fsp3) is 0.222. The Morgan fingerprint density at radius 1 is 1.56 bits per heavy atom. The summed E-state index contributed by atoms with van der Waals surface area (Å²) in [6, 6.07) is 0.889. The molecule has 1 atom stereocenters. The molecule has 1 rings (SSSR count). The summed E-state index contributed by atoms with van der Waals surface area (Å²) in [6.45, 7) is 1.28. The average Bonchev–Trinajstić information content (AvgIpc) is 2.22. The van der Waals surface area contributed by atoms with Crippen molar-refractivity contribution in [1.29, 1.82) is 0 Å². The summed E-state index contributed by atoms with van der Waals surface area (Å²) in [6.07, 6.45) is -1.17. The number of aliphatic carboxylic acids is 1. The molecule has 1 aromatic rings. The molecule has 0 spiro atoms. The minimum atomic E-state index is -1.20. The summed E-state index contributed by atoms with van der Waals surface area (Å²) in [7, 11) is 0. The number of carboxylic acid groups (broad SMARTS) is 1. The van der Waals surface area contributed by atoms with E-state index in [1.807, 2.05) is 0 Å². The fourth-order valence-corrected chi connectivity index (χ4v) is 1.32. The quantitative estimate of drug-likeness (QED) is 0.652. The van der Waals surface area contributed by atoms with Gasteiger partial charge in [0.15, 0.2) is 6.10 Å². The number of nitrogens with two attached hydrogens (primary N) is 1. The van der Waals surface area contributed by atoms with Gasteiger partial charge in [0.05, 0.1) is 5.69 Å². The van der Waals surface area contributed by atoms with Crippen LogP contribution in [0, 0.1) is 5.82 Å². The lowest BCUT2D eigenvalue weighted by molar-refractivity contribution is -0.144. The van der Waals surface area contributed by atoms with E-state index in [4.69, 9.17) is 38.8 Å². The number of hydrogen-bond donors (Lipinski definition) is 2. The lowest BCUT2D eigenvalue weighted by Crippen LogP contribution is -2.23. The number of rotatable bonds is 3. The number of carboxylic acids is 1. The maximum absolute atomic E-state index is 13.2. The van der Waals surface area contributed by atoms with Gasteiger partial charge in [-0.2, -0.15) is 0 Å². The average molecular weight is 268 g/mol. The molecule has 3 N–H and O–H groups in total. The zero-order chi connectivity index (χ0) is 12.5. The minimum absolute atomic E-state index is 0.112. The Kier molecular flexibility index (Phi) is 3.83. The number of nitrogen functional groups attached to an aromatic ring is 1. The van der Waals surface area contributed by atoms with Gasteiger partial charge in [-0.25, -0.2) is 9.18 Å². The van der Waals surface area contributed by atoms with E-state index >= 15 is 0 Å². The van der Waals surface area contributed by atoms with Gasteiger partial charge in [-0.1, -0.05) is 23.2 Å². The molecule has 1 aromatic carbocycles. The highest BCUT2D eigenvalue weighted by atomic mass is 35.5. The molecule has 1 unspecified atom stereocenters. The zero-order valence-corrected chi connectivity index (χ0v) is 9.64. The summed E-state index contributed by atoms with van der Waals surface area (Å²) in [5.41, 5.74) is 5.22. The molecule has 0 radical (unpaired) electrons. The Bertz CT molecular complexity index is 439. The fourth-order valence-electron chi connectivity index (χ4n) is 0.926. The normalized spacial score (nSPS) is 12.2. The molecule has 88 valence electrons. The summed E-state index contributed by atoms with van der Waals surface area (Å²) < 4.78 is 18.1. The van der Waals surface area contributed by atoms with Gasteiger partial charge < -0.3 is 15.6 Å². The predicted molar refractivity (Wildman–Crippen MR) is 58.6 cm³/mol. The van der Waals surface area contributed by atoms with Crippen molar-refractivity contribution in [3.63, 3.8) is 0 Å². The number of ether oxygens (including phenoxy) is 1. The summed E-state index contributed by atoms with van der Waals surface area (Å²) in [4.78, 5) is 10.5. The van der Waals surface area contributed by atoms with Crippen LogP contribution < -0.4 is 10.5 Å². The number of anilines is 1. The van der Waals surface area contributed by atoms with Gasteiger partial charge in [0.25, 0.3) is 0 Å². The van der Waals surface area contributed by atoms with Crippen molar-refractivity contribution >= 4 is 34.9 Å². The molecule has 0 heterocycles. The molecule has 0 saturated heterocycles. The second-order valence-electron chi connectivity index (χ2n) is 3.00. The van der Waals surface area contributed by atoms with Crippen LogP contribution in [0.2, 0.25) is 10.0 Å². The van der Waals surface area contributed by atoms with Crippen LogP contribution in [0.15, 0.2) is 6.07 Å². The Morgan fingerprint density at radius 2 is 2.12 bits per heavy atom. The highest BCUT2D eigenvalue weighted by Crippen LogP contribution is 2.38. The molecule has 0 aromatic heterocycles. The van der Waals surface area contributed by atoms with Crippen LogP contribution in [-0.4, -0.2) is 17.2 Å². The van der Waals surface area contributed by atoms with Crippen molar-refractivity contribution in [2.75, 3.05) is 5.73 Å². The van der Waals surface area contributed by atoms with Crippen molar-refractivity contribution in [2.24, 2.45) is 0 Å². The van der Waals surface area contributed by atoms with Crippen LogP contribution in [0.5, 0.6) is 5.75 Å². The van der Waals surface area contributed by atoms with E-state index in [2.05, 4.69) is 0 Å². The second-order valence-corrected chi connectivity index (χ2v) is 3.75. The number of benzene rings is 1. The first-order valence-corrected chi connectivity index (χ1v) is 4.92. The molecular weight excluding hydrogens is 260 g/mol. The van der Waals surface area contributed by atoms with E-state index in [0.717, 1.165) is 6.07 Å². The second kappa shape index (κ2) is 4.76. The topological polar surface area (TPSA) is 72.5 Å². The number of carbonyl (C=O) groups is 1. The largest absolute Gasteiger partial charge is 0.479 e. The van der Waals surface area contributed by atoms with E-state index in [-0.39, 0.29) is 21.5 Å². The monoisotopic (exact) mass is 267 g/mol. The maximum Gasteiger partial charge on any atom is 0.344 e. The van der Waals surface area contributed by atoms with E-state index in [9.17, 15) is 9.18 Å². The Hall–Kier alpha value is -1.20. The van der Waals surface area contributed by atoms with Crippen molar-refractivity contribution in [3.8, 4) is 5.75 Å². The van der Waals surface area contributed by atoms with Gasteiger partial charge in [-0.15, -0.1) is 0 Å². The number of halogens is 3. The van der Waals surface area contributed by atoms with Crippen LogP contribution in [0.25, 0.3) is 0 Å². The Labute approximate surface area is 101 Å². The Balaban J connectivity index is 3.11. The lowest BCUT2D eigenvalue weighted by Gasteiger charge is -2.13. The van der Waals surface area contributed by atoms with Crippen LogP contribution in [0.1, 0.15) is 6.92 Å². The van der Waals surface area contributed by atoms with Gasteiger partial charge in [-0.3, -0.25) is 0 Å². The molecule has 0 bridgehead atoms. The molecule has 7 heteroatoms. The molecule has 0 aliphatic heterocycles. The third-order valence-corrected chi connectivity index (χ3v) is 2.58. The molecule has 0 amide bonds. The third-order valence-electron chi connectivity index (χ3n) is 1.81. The van der Waals surface area contributed by atoms with Crippen molar-refractivity contribution in [3.05, 3.63) is 21.9 Å². The molecule has 0 aliphatic rings. The smallest absolute Gasteiger partial charge is 0.344 e. The summed E-state index contributed by atoms with van der Waals surface area (Å²) in [5.74, 6) is -2.18. The first-order chi connectivity index (χ1) is 7.34. The van der Waals surface area contributed by atoms with Gasteiger partial charge in [0.1, 0.15) is 21.6 Å². The molecule has 0 saturated carbocycles. The first kappa shape index (κ1) is 12.9. The van der Waals surface area contributed by atoms with Gasteiger partial charge in [0, 0.05) is 6.07 Å². The third kappa shape index (κ3) is 2.48. The minimum Gasteiger partial charge on any atom is -0.479 e. The molecule has 0 aliphatic carbocycles. The zero-order valence-electron chi connectivity index (χ0n) is 8.13.